The molecule has 1 atom stereocenters. The molecule has 0 fully saturated rings. The molecule has 0 spiro atoms. The average Bonchev–Trinajstić information content (AvgIpc) is 2.43. The molecule has 0 radical (unpaired) electrons. The van der Waals surface area contributed by atoms with Gasteiger partial charge in [-0.2, -0.15) is 0 Å². The molecular formula is C15H33NO5S. The van der Waals surface area contributed by atoms with Gasteiger partial charge in [-0.3, -0.25) is 0 Å². The van der Waals surface area contributed by atoms with Crippen LogP contribution in [0.1, 0.15) is 65.2 Å². The van der Waals surface area contributed by atoms with Crippen LogP contribution in [0.5, 0.6) is 0 Å². The highest BCUT2D eigenvalue weighted by molar-refractivity contribution is 7.84. The van der Waals surface area contributed by atoms with E-state index in [4.69, 9.17) is 17.7 Å². The number of ether oxygens (including phenoxy) is 1. The third-order valence-corrected chi connectivity index (χ3v) is 3.12. The van der Waals surface area contributed by atoms with Gasteiger partial charge in [0, 0.05) is 6.26 Å². The molecule has 1 unspecified atom stereocenters. The minimum atomic E-state index is -3.92. The normalized spacial score (nSPS) is 12.2. The molecule has 134 valence electrons. The fraction of sp³-hybridized carbons (Fsp3) is 0.933. The first kappa shape index (κ1) is 23.6. The zero-order valence-electron chi connectivity index (χ0n) is 14.3. The van der Waals surface area contributed by atoms with E-state index >= 15 is 0 Å². The van der Waals surface area contributed by atoms with E-state index in [1.807, 2.05) is 0 Å². The van der Waals surface area contributed by atoms with E-state index < -0.39 is 10.1 Å². The third kappa shape index (κ3) is 24.4. The molecule has 0 saturated carbocycles. The van der Waals surface area contributed by atoms with Crippen LogP contribution >= 0.6 is 0 Å². The number of carbonyl (C=O) groups excluding carboxylic acids is 1. The molecule has 0 heterocycles. The Labute approximate surface area is 135 Å². The lowest BCUT2D eigenvalue weighted by molar-refractivity contribution is -0.359. The van der Waals surface area contributed by atoms with Crippen molar-refractivity contribution in [1.29, 1.82) is 0 Å². The van der Waals surface area contributed by atoms with Crippen LogP contribution in [0.15, 0.2) is 0 Å². The second-order valence-electron chi connectivity index (χ2n) is 5.49. The van der Waals surface area contributed by atoms with Crippen molar-refractivity contribution in [2.45, 2.75) is 65.2 Å². The monoisotopic (exact) mass is 339 g/mol. The van der Waals surface area contributed by atoms with Crippen LogP contribution < -0.4 is 5.73 Å². The highest BCUT2D eigenvalue weighted by atomic mass is 32.2. The Morgan fingerprint density at radius 1 is 1.09 bits per heavy atom. The lowest BCUT2D eigenvalue weighted by atomic mass is 9.96. The molecule has 0 rings (SSSR count). The first-order valence-electron chi connectivity index (χ1n) is 8.10. The van der Waals surface area contributed by atoms with Gasteiger partial charge in [0.05, 0.1) is 16.7 Å². The second-order valence-corrected chi connectivity index (χ2v) is 6.90. The van der Waals surface area contributed by atoms with Gasteiger partial charge in [-0.05, 0) is 18.8 Å². The molecule has 6 nitrogen and oxygen atoms in total. The van der Waals surface area contributed by atoms with E-state index in [-0.39, 0.29) is 12.5 Å². The van der Waals surface area contributed by atoms with Gasteiger partial charge in [-0.25, -0.2) is 13.2 Å². The smallest absolute Gasteiger partial charge is 0.361 e. The summed E-state index contributed by atoms with van der Waals surface area (Å²) in [5, 5.41) is 0. The molecule has 0 aromatic carbocycles. The van der Waals surface area contributed by atoms with Gasteiger partial charge in [0.25, 0.3) is 0 Å². The quantitative estimate of drug-likeness (QED) is 0.350. The topological polar surface area (TPSA) is 111 Å². The lowest BCUT2D eigenvalue weighted by Gasteiger charge is -2.16. The van der Waals surface area contributed by atoms with Crippen LogP contribution in [-0.4, -0.2) is 38.3 Å². The molecule has 0 amide bonds. The number of esters is 1. The zero-order chi connectivity index (χ0) is 17.4. The number of carbonyl (C=O) groups is 1. The molecule has 0 aromatic rings. The lowest BCUT2D eigenvalue weighted by Crippen LogP contribution is -2.54. The Morgan fingerprint density at radius 2 is 1.59 bits per heavy atom. The van der Waals surface area contributed by atoms with E-state index in [1.165, 1.54) is 51.4 Å². The van der Waals surface area contributed by atoms with E-state index in [0.29, 0.717) is 18.8 Å². The standard InChI is InChI=1S/C14H29NO2.CH4O3S/c1-3-5-7-8-10-13(9-6-4-2)12-17-14(16)11-15;1-5(2,3)4/h13H,3-12,15H2,1-2H3;1H3,(H,2,3,4). The Hall–Kier alpha value is -0.660. The Morgan fingerprint density at radius 3 is 2.05 bits per heavy atom. The number of quaternary nitrogens is 1. The van der Waals surface area contributed by atoms with Crippen LogP contribution in [0.2, 0.25) is 0 Å². The first-order valence-corrected chi connectivity index (χ1v) is 9.91. The summed E-state index contributed by atoms with van der Waals surface area (Å²) in [5.74, 6) is 0.391. The van der Waals surface area contributed by atoms with Crippen LogP contribution in [0.3, 0.4) is 0 Å². The molecule has 0 bridgehead atoms. The maximum Gasteiger partial charge on any atom is 0.361 e. The zero-order valence-corrected chi connectivity index (χ0v) is 15.1. The second kappa shape index (κ2) is 15.2. The van der Waals surface area contributed by atoms with E-state index in [0.717, 1.165) is 0 Å². The van der Waals surface area contributed by atoms with E-state index in [1.54, 1.807) is 0 Å². The molecule has 0 saturated heterocycles. The highest BCUT2D eigenvalue weighted by Gasteiger charge is 2.11. The Kier molecular flexibility index (Phi) is 16.4. The van der Waals surface area contributed by atoms with Crippen molar-refractivity contribution < 1.29 is 28.2 Å². The van der Waals surface area contributed by atoms with Gasteiger partial charge in [0.2, 0.25) is 0 Å². The minimum absolute atomic E-state index is 0.167. The maximum atomic E-state index is 11.1. The van der Waals surface area contributed by atoms with Crippen LogP contribution in [0.4, 0.5) is 0 Å². The number of hydrogen-bond acceptors (Lipinski definition) is 5. The molecule has 0 aliphatic heterocycles. The largest absolute Gasteiger partial charge is 0.748 e. The highest BCUT2D eigenvalue weighted by Crippen LogP contribution is 2.17. The van der Waals surface area contributed by atoms with E-state index in [9.17, 15) is 4.79 Å². The van der Waals surface area contributed by atoms with Gasteiger partial charge in [-0.1, -0.05) is 52.4 Å². The fourth-order valence-electron chi connectivity index (χ4n) is 1.95. The summed E-state index contributed by atoms with van der Waals surface area (Å²) >= 11 is 0. The van der Waals surface area contributed by atoms with Crippen molar-refractivity contribution in [1.82, 2.24) is 0 Å². The number of unbranched alkanes of at least 4 members (excludes halogenated alkanes) is 4. The van der Waals surface area contributed by atoms with Gasteiger partial charge in [0.1, 0.15) is 0 Å². The molecule has 0 aromatic heterocycles. The summed E-state index contributed by atoms with van der Waals surface area (Å²) in [5.41, 5.74) is 3.54. The minimum Gasteiger partial charge on any atom is -0.748 e. The molecule has 22 heavy (non-hydrogen) atoms. The molecule has 0 aliphatic carbocycles. The number of hydrogen-bond donors (Lipinski definition) is 1. The van der Waals surface area contributed by atoms with Crippen molar-refractivity contribution >= 4 is 16.1 Å². The molecule has 7 heteroatoms. The summed E-state index contributed by atoms with van der Waals surface area (Å²) in [6.07, 6.45) is 10.6. The fourth-order valence-corrected chi connectivity index (χ4v) is 1.95. The van der Waals surface area contributed by atoms with E-state index in [2.05, 4.69) is 19.6 Å². The predicted octanol–water partition coefficient (Wildman–Crippen LogP) is 1.71. The van der Waals surface area contributed by atoms with Gasteiger partial charge in [0.15, 0.2) is 6.54 Å². The van der Waals surface area contributed by atoms with Crippen LogP contribution in [0.25, 0.3) is 0 Å². The van der Waals surface area contributed by atoms with Crippen LogP contribution in [0, 0.1) is 5.92 Å². The third-order valence-electron chi connectivity index (χ3n) is 3.12. The molecular weight excluding hydrogens is 306 g/mol. The van der Waals surface area contributed by atoms with Crippen molar-refractivity contribution in [2.24, 2.45) is 5.92 Å². The van der Waals surface area contributed by atoms with Crippen molar-refractivity contribution in [3.8, 4) is 0 Å². The molecule has 0 aliphatic rings. The van der Waals surface area contributed by atoms with Gasteiger partial charge >= 0.3 is 5.97 Å². The van der Waals surface area contributed by atoms with Crippen LogP contribution in [-0.2, 0) is 19.6 Å². The SMILES string of the molecule is CCCCCCC(CCCC)COC(=O)C[NH3+].CS(=O)(=O)[O-]. The molecule has 3 N–H and O–H groups in total. The van der Waals surface area contributed by atoms with Gasteiger partial charge < -0.3 is 15.0 Å². The van der Waals surface area contributed by atoms with Crippen molar-refractivity contribution in [3.63, 3.8) is 0 Å². The maximum absolute atomic E-state index is 11.1. The summed E-state index contributed by atoms with van der Waals surface area (Å²) in [7, 11) is -3.92. The summed E-state index contributed by atoms with van der Waals surface area (Å²) in [6.45, 7) is 5.28. The van der Waals surface area contributed by atoms with Crippen molar-refractivity contribution in [3.05, 3.63) is 0 Å². The predicted molar refractivity (Wildman–Crippen MR) is 86.1 cm³/mol. The summed E-state index contributed by atoms with van der Waals surface area (Å²) in [4.78, 5) is 11.1. The summed E-state index contributed by atoms with van der Waals surface area (Å²) < 4.78 is 32.4. The average molecular weight is 339 g/mol. The first-order chi connectivity index (χ1) is 10.2. The Balaban J connectivity index is 0. The number of rotatable bonds is 11. The Bertz CT molecular complexity index is 349. The summed E-state index contributed by atoms with van der Waals surface area (Å²) in [6, 6.07) is 0. The van der Waals surface area contributed by atoms with Gasteiger partial charge in [-0.15, -0.1) is 0 Å². The van der Waals surface area contributed by atoms with Crippen molar-refractivity contribution in [2.75, 3.05) is 19.4 Å².